The first-order chi connectivity index (χ1) is 18.8. The Labute approximate surface area is 225 Å². The standard InChI is InChI=1S/C28H28N4O6S/c33-27(30-21-7-9-22(10-8-21)32-13-15-38-16-14-32)26(17-20-18-29-25-4-2-1-3-24(20)25)31-39(36,37)23-11-5-19(6-12-23)28(34)35/h1-12,18,26,29,31H,13-17H2,(H,30,33)(H,34,35)/t26-/m0/s1. The molecular weight excluding hydrogens is 520 g/mol. The molecule has 1 fully saturated rings. The number of ether oxygens (including phenoxy) is 1. The molecule has 1 amide bonds. The van der Waals surface area contributed by atoms with Crippen molar-refractivity contribution in [2.45, 2.75) is 17.4 Å². The number of benzene rings is 3. The van der Waals surface area contributed by atoms with Gasteiger partial charge in [0.2, 0.25) is 15.9 Å². The molecule has 1 aromatic heterocycles. The van der Waals surface area contributed by atoms with Crippen LogP contribution in [0.5, 0.6) is 0 Å². The van der Waals surface area contributed by atoms with Gasteiger partial charge in [0, 0.05) is 41.6 Å². The molecule has 5 rings (SSSR count). The molecule has 1 saturated heterocycles. The molecule has 0 radical (unpaired) electrons. The number of morpholine rings is 1. The van der Waals surface area contributed by atoms with Gasteiger partial charge in [-0.05, 0) is 66.6 Å². The summed E-state index contributed by atoms with van der Waals surface area (Å²) in [7, 11) is -4.15. The molecule has 0 aliphatic carbocycles. The minimum Gasteiger partial charge on any atom is -0.478 e. The number of fused-ring (bicyclic) bond motifs is 1. The molecule has 0 saturated carbocycles. The molecule has 1 aliphatic heterocycles. The van der Waals surface area contributed by atoms with Crippen LogP contribution < -0.4 is 14.9 Å². The predicted octanol–water partition coefficient (Wildman–Crippen LogP) is 3.23. The van der Waals surface area contributed by atoms with E-state index in [9.17, 15) is 18.0 Å². The Bertz CT molecular complexity index is 1580. The zero-order valence-corrected chi connectivity index (χ0v) is 21.8. The van der Waals surface area contributed by atoms with Crippen molar-refractivity contribution in [1.29, 1.82) is 0 Å². The maximum atomic E-state index is 13.5. The van der Waals surface area contributed by atoms with Crippen molar-refractivity contribution in [2.24, 2.45) is 0 Å². The fourth-order valence-electron chi connectivity index (χ4n) is 4.55. The Balaban J connectivity index is 1.38. The minimum atomic E-state index is -4.15. The second-order valence-corrected chi connectivity index (χ2v) is 10.9. The van der Waals surface area contributed by atoms with Gasteiger partial charge in [-0.3, -0.25) is 4.79 Å². The number of H-pyrrole nitrogens is 1. The molecule has 202 valence electrons. The van der Waals surface area contributed by atoms with E-state index in [-0.39, 0.29) is 16.9 Å². The largest absolute Gasteiger partial charge is 0.478 e. The number of aromatic carboxylic acids is 1. The molecule has 3 aromatic carbocycles. The molecule has 4 aromatic rings. The molecule has 4 N–H and O–H groups in total. The molecule has 11 heteroatoms. The number of carboxylic acid groups (broad SMARTS) is 1. The van der Waals surface area contributed by atoms with E-state index in [1.165, 1.54) is 24.3 Å². The maximum Gasteiger partial charge on any atom is 0.335 e. The van der Waals surface area contributed by atoms with Crippen molar-refractivity contribution >= 4 is 44.2 Å². The normalized spacial score (nSPS) is 14.7. The van der Waals surface area contributed by atoms with E-state index in [2.05, 4.69) is 19.9 Å². The highest BCUT2D eigenvalue weighted by Gasteiger charge is 2.27. The zero-order valence-electron chi connectivity index (χ0n) is 21.0. The first kappa shape index (κ1) is 26.4. The third-order valence-corrected chi connectivity index (χ3v) is 8.12. The average Bonchev–Trinajstić information content (AvgIpc) is 3.36. The lowest BCUT2D eigenvalue weighted by atomic mass is 10.0. The SMILES string of the molecule is O=C(O)c1ccc(S(=O)(=O)N[C@@H](Cc2c[nH]c3ccccc23)C(=O)Nc2ccc(N3CCOCC3)cc2)cc1. The second kappa shape index (κ2) is 11.3. The first-order valence-electron chi connectivity index (χ1n) is 12.4. The Morgan fingerprint density at radius 3 is 2.36 bits per heavy atom. The van der Waals surface area contributed by atoms with Gasteiger partial charge < -0.3 is 25.0 Å². The van der Waals surface area contributed by atoms with Gasteiger partial charge in [0.15, 0.2) is 0 Å². The highest BCUT2D eigenvalue weighted by atomic mass is 32.2. The minimum absolute atomic E-state index is 0.0393. The monoisotopic (exact) mass is 548 g/mol. The van der Waals surface area contributed by atoms with Gasteiger partial charge in [-0.1, -0.05) is 18.2 Å². The number of nitrogens with one attached hydrogen (secondary N) is 3. The van der Waals surface area contributed by atoms with Crippen LogP contribution in [0.2, 0.25) is 0 Å². The lowest BCUT2D eigenvalue weighted by molar-refractivity contribution is -0.117. The van der Waals surface area contributed by atoms with Crippen LogP contribution in [0.15, 0.2) is 83.9 Å². The molecule has 0 bridgehead atoms. The molecule has 39 heavy (non-hydrogen) atoms. The number of carbonyl (C=O) groups is 2. The lowest BCUT2D eigenvalue weighted by Gasteiger charge is -2.29. The molecular formula is C28H28N4O6S. The van der Waals surface area contributed by atoms with Crippen LogP contribution in [0.3, 0.4) is 0 Å². The van der Waals surface area contributed by atoms with Gasteiger partial charge in [-0.25, -0.2) is 13.2 Å². The number of aromatic amines is 1. The topological polar surface area (TPSA) is 141 Å². The summed E-state index contributed by atoms with van der Waals surface area (Å²) in [5.41, 5.74) is 3.15. The van der Waals surface area contributed by atoms with Crippen LogP contribution in [-0.4, -0.2) is 62.7 Å². The Hall–Kier alpha value is -4.19. The lowest BCUT2D eigenvalue weighted by Crippen LogP contribution is -2.45. The van der Waals surface area contributed by atoms with Crippen molar-refractivity contribution in [2.75, 3.05) is 36.5 Å². The summed E-state index contributed by atoms with van der Waals surface area (Å²) in [4.78, 5) is 29.8. The Morgan fingerprint density at radius 2 is 1.67 bits per heavy atom. The van der Waals surface area contributed by atoms with E-state index < -0.39 is 27.9 Å². The number of carbonyl (C=O) groups excluding carboxylic acids is 1. The van der Waals surface area contributed by atoms with Crippen molar-refractivity contribution in [3.8, 4) is 0 Å². The van der Waals surface area contributed by atoms with E-state index in [1.807, 2.05) is 36.4 Å². The van der Waals surface area contributed by atoms with Crippen LogP contribution >= 0.6 is 0 Å². The number of hydrogen-bond donors (Lipinski definition) is 4. The van der Waals surface area contributed by atoms with Crippen LogP contribution in [0.1, 0.15) is 15.9 Å². The summed E-state index contributed by atoms with van der Waals surface area (Å²) in [6.07, 6.45) is 1.85. The van der Waals surface area contributed by atoms with Gasteiger partial charge in [0.1, 0.15) is 6.04 Å². The summed E-state index contributed by atoms with van der Waals surface area (Å²) >= 11 is 0. The summed E-state index contributed by atoms with van der Waals surface area (Å²) < 4.78 is 34.4. The summed E-state index contributed by atoms with van der Waals surface area (Å²) in [5.74, 6) is -1.69. The van der Waals surface area contributed by atoms with Crippen LogP contribution in [0.25, 0.3) is 10.9 Å². The van der Waals surface area contributed by atoms with Crippen molar-refractivity contribution < 1.29 is 27.9 Å². The number of carboxylic acids is 1. The quantitative estimate of drug-likeness (QED) is 0.252. The van der Waals surface area contributed by atoms with Gasteiger partial charge >= 0.3 is 5.97 Å². The van der Waals surface area contributed by atoms with E-state index in [4.69, 9.17) is 9.84 Å². The Morgan fingerprint density at radius 1 is 0.974 bits per heavy atom. The van der Waals surface area contributed by atoms with Crippen LogP contribution in [0.4, 0.5) is 11.4 Å². The molecule has 1 aliphatic rings. The van der Waals surface area contributed by atoms with Crippen molar-refractivity contribution in [1.82, 2.24) is 9.71 Å². The fourth-order valence-corrected chi connectivity index (χ4v) is 5.74. The molecule has 10 nitrogen and oxygen atoms in total. The predicted molar refractivity (Wildman–Crippen MR) is 148 cm³/mol. The molecule has 2 heterocycles. The first-order valence-corrected chi connectivity index (χ1v) is 13.9. The highest BCUT2D eigenvalue weighted by molar-refractivity contribution is 7.89. The van der Waals surface area contributed by atoms with Gasteiger partial charge in [0.05, 0.1) is 23.7 Å². The number of nitrogens with zero attached hydrogens (tertiary/aromatic N) is 1. The number of amides is 1. The number of hydrogen-bond acceptors (Lipinski definition) is 6. The second-order valence-electron chi connectivity index (χ2n) is 9.20. The summed E-state index contributed by atoms with van der Waals surface area (Å²) in [5, 5.41) is 12.8. The number of anilines is 2. The Kier molecular flexibility index (Phi) is 7.64. The molecule has 0 unspecified atom stereocenters. The third-order valence-electron chi connectivity index (χ3n) is 6.64. The summed E-state index contributed by atoms with van der Waals surface area (Å²) in [6.45, 7) is 2.89. The number of sulfonamides is 1. The number of aromatic nitrogens is 1. The van der Waals surface area contributed by atoms with Crippen molar-refractivity contribution in [3.63, 3.8) is 0 Å². The summed E-state index contributed by atoms with van der Waals surface area (Å²) in [6, 6.07) is 18.6. The fraction of sp³-hybridized carbons (Fsp3) is 0.214. The average molecular weight is 549 g/mol. The van der Waals surface area contributed by atoms with E-state index >= 15 is 0 Å². The smallest absolute Gasteiger partial charge is 0.335 e. The van der Waals surface area contributed by atoms with E-state index in [0.717, 1.165) is 35.2 Å². The zero-order chi connectivity index (χ0) is 27.4. The number of rotatable bonds is 9. The van der Waals surface area contributed by atoms with Crippen molar-refractivity contribution in [3.05, 3.63) is 90.1 Å². The van der Waals surface area contributed by atoms with E-state index in [1.54, 1.807) is 18.3 Å². The van der Waals surface area contributed by atoms with E-state index in [0.29, 0.717) is 18.9 Å². The van der Waals surface area contributed by atoms with Gasteiger partial charge in [0.25, 0.3) is 0 Å². The van der Waals surface area contributed by atoms with Gasteiger partial charge in [-0.2, -0.15) is 4.72 Å². The maximum absolute atomic E-state index is 13.5. The molecule has 1 atom stereocenters. The van der Waals surface area contributed by atoms with Gasteiger partial charge in [-0.15, -0.1) is 0 Å². The molecule has 0 spiro atoms. The number of para-hydroxylation sites is 1. The highest BCUT2D eigenvalue weighted by Crippen LogP contribution is 2.22. The van der Waals surface area contributed by atoms with Crippen LogP contribution in [0, 0.1) is 0 Å². The van der Waals surface area contributed by atoms with Crippen LogP contribution in [-0.2, 0) is 26.0 Å². The third kappa shape index (κ3) is 6.11.